The molecule has 1 aliphatic heterocycles. The van der Waals surface area contributed by atoms with E-state index in [4.69, 9.17) is 10.5 Å². The number of aryl methyl sites for hydroxylation is 1. The molecular formula is C23H29N3O3. The van der Waals surface area contributed by atoms with Crippen molar-refractivity contribution >= 4 is 17.5 Å². The summed E-state index contributed by atoms with van der Waals surface area (Å²) in [5, 5.41) is 2.99. The summed E-state index contributed by atoms with van der Waals surface area (Å²) >= 11 is 0. The number of nitrogens with zero attached hydrogens (tertiary/aromatic N) is 1. The number of anilines is 1. The number of hydrogen-bond donors (Lipinski definition) is 2. The molecule has 6 heteroatoms. The van der Waals surface area contributed by atoms with Crippen LogP contribution in [0, 0.1) is 12.8 Å². The topological polar surface area (TPSA) is 84.7 Å². The lowest BCUT2D eigenvalue weighted by Crippen LogP contribution is -2.48. The van der Waals surface area contributed by atoms with Crippen molar-refractivity contribution in [3.8, 4) is 5.75 Å². The number of benzene rings is 2. The van der Waals surface area contributed by atoms with Crippen LogP contribution >= 0.6 is 0 Å². The lowest BCUT2D eigenvalue weighted by molar-refractivity contribution is -0.129. The number of methoxy groups -OCH3 is 1. The molecule has 0 aromatic heterocycles. The molecule has 3 rings (SSSR count). The summed E-state index contributed by atoms with van der Waals surface area (Å²) in [4.78, 5) is 27.7. The van der Waals surface area contributed by atoms with E-state index < -0.39 is 0 Å². The van der Waals surface area contributed by atoms with Gasteiger partial charge >= 0.3 is 0 Å². The molecule has 0 spiro atoms. The van der Waals surface area contributed by atoms with Crippen LogP contribution in [0.5, 0.6) is 5.75 Å². The third-order valence-electron chi connectivity index (χ3n) is 5.38. The van der Waals surface area contributed by atoms with E-state index in [1.807, 2.05) is 55.5 Å². The molecule has 1 fully saturated rings. The number of carbonyl (C=O) groups is 2. The molecule has 0 radical (unpaired) electrons. The fourth-order valence-electron chi connectivity index (χ4n) is 3.80. The fourth-order valence-corrected chi connectivity index (χ4v) is 3.80. The number of hydrogen-bond acceptors (Lipinski definition) is 4. The third kappa shape index (κ3) is 4.77. The van der Waals surface area contributed by atoms with Crippen LogP contribution in [0.15, 0.2) is 48.5 Å². The average Bonchev–Trinajstić information content (AvgIpc) is 2.74. The predicted octanol–water partition coefficient (Wildman–Crippen LogP) is 2.95. The minimum Gasteiger partial charge on any atom is -0.497 e. The number of ether oxygens (including phenoxy) is 1. The van der Waals surface area contributed by atoms with Crippen LogP contribution in [-0.4, -0.2) is 32.0 Å². The van der Waals surface area contributed by atoms with Gasteiger partial charge in [-0.1, -0.05) is 29.8 Å². The molecule has 1 heterocycles. The van der Waals surface area contributed by atoms with Crippen molar-refractivity contribution in [2.45, 2.75) is 32.2 Å². The molecule has 154 valence electrons. The zero-order valence-electron chi connectivity index (χ0n) is 17.1. The van der Waals surface area contributed by atoms with Crippen LogP contribution in [-0.2, 0) is 9.59 Å². The first-order chi connectivity index (χ1) is 14.0. The zero-order valence-corrected chi connectivity index (χ0v) is 17.1. The highest BCUT2D eigenvalue weighted by Gasteiger charge is 2.41. The number of piperidine rings is 1. The lowest BCUT2D eigenvalue weighted by Gasteiger charge is -2.41. The molecule has 1 aliphatic rings. The molecule has 2 amide bonds. The summed E-state index contributed by atoms with van der Waals surface area (Å²) in [5.74, 6) is 0.395. The summed E-state index contributed by atoms with van der Waals surface area (Å²) in [6.45, 7) is 3.08. The molecule has 2 atom stereocenters. The molecule has 2 aromatic rings. The molecule has 3 N–H and O–H groups in total. The van der Waals surface area contributed by atoms with Crippen molar-refractivity contribution in [3.63, 3.8) is 0 Å². The largest absolute Gasteiger partial charge is 0.497 e. The van der Waals surface area contributed by atoms with Crippen LogP contribution in [0.3, 0.4) is 0 Å². The van der Waals surface area contributed by atoms with E-state index in [1.54, 1.807) is 12.0 Å². The number of rotatable bonds is 7. The van der Waals surface area contributed by atoms with Gasteiger partial charge in [0.2, 0.25) is 11.8 Å². The quantitative estimate of drug-likeness (QED) is 0.706. The van der Waals surface area contributed by atoms with Gasteiger partial charge < -0.3 is 20.7 Å². The number of nitrogens with one attached hydrogen (secondary N) is 1. The normalized spacial score (nSPS) is 19.1. The van der Waals surface area contributed by atoms with Gasteiger partial charge in [-0.05, 0) is 56.1 Å². The summed E-state index contributed by atoms with van der Waals surface area (Å²) in [6, 6.07) is 15.1. The van der Waals surface area contributed by atoms with E-state index >= 15 is 0 Å². The smallest absolute Gasteiger partial charge is 0.227 e. The van der Waals surface area contributed by atoms with Gasteiger partial charge in [-0.25, -0.2) is 0 Å². The van der Waals surface area contributed by atoms with Crippen LogP contribution < -0.4 is 20.7 Å². The summed E-state index contributed by atoms with van der Waals surface area (Å²) in [5.41, 5.74) is 8.39. The minimum atomic E-state index is -0.372. The number of amides is 2. The van der Waals surface area contributed by atoms with Crippen molar-refractivity contribution in [2.75, 3.05) is 25.1 Å². The Bertz CT molecular complexity index is 833. The van der Waals surface area contributed by atoms with Gasteiger partial charge in [-0.15, -0.1) is 0 Å². The molecular weight excluding hydrogens is 366 g/mol. The van der Waals surface area contributed by atoms with E-state index in [1.165, 1.54) is 0 Å². The standard InChI is InChI=1S/C23H29N3O3/c1-16-4-8-18(9-5-16)26-21(27)13-12-20(23(28)25-15-3-14-24)22(26)17-6-10-19(29-2)11-7-17/h4-11,20,22H,3,12-15,24H2,1-2H3,(H,25,28). The predicted molar refractivity (Wildman–Crippen MR) is 114 cm³/mol. The Labute approximate surface area is 172 Å². The second-order valence-electron chi connectivity index (χ2n) is 7.40. The van der Waals surface area contributed by atoms with Crippen LogP contribution in [0.1, 0.15) is 36.4 Å². The van der Waals surface area contributed by atoms with Gasteiger partial charge in [-0.3, -0.25) is 9.59 Å². The molecule has 2 unspecified atom stereocenters. The van der Waals surface area contributed by atoms with E-state index in [0.717, 1.165) is 29.0 Å². The highest BCUT2D eigenvalue weighted by Crippen LogP contribution is 2.40. The van der Waals surface area contributed by atoms with Gasteiger partial charge in [0.15, 0.2) is 0 Å². The first-order valence-electron chi connectivity index (χ1n) is 10.1. The third-order valence-corrected chi connectivity index (χ3v) is 5.38. The van der Waals surface area contributed by atoms with Crippen molar-refractivity contribution in [2.24, 2.45) is 11.7 Å². The Morgan fingerprint density at radius 2 is 1.86 bits per heavy atom. The highest BCUT2D eigenvalue weighted by atomic mass is 16.5. The second kappa shape index (κ2) is 9.56. The SMILES string of the molecule is COc1ccc(C2C(C(=O)NCCCN)CCC(=O)N2c2ccc(C)cc2)cc1. The van der Waals surface area contributed by atoms with E-state index in [-0.39, 0.29) is 23.8 Å². The van der Waals surface area contributed by atoms with E-state index in [9.17, 15) is 9.59 Å². The Hall–Kier alpha value is -2.86. The molecule has 0 bridgehead atoms. The van der Waals surface area contributed by atoms with Crippen molar-refractivity contribution in [1.29, 1.82) is 0 Å². The van der Waals surface area contributed by atoms with Crippen molar-refractivity contribution in [1.82, 2.24) is 5.32 Å². The Morgan fingerprint density at radius 1 is 1.17 bits per heavy atom. The maximum atomic E-state index is 13.0. The lowest BCUT2D eigenvalue weighted by atomic mass is 9.83. The van der Waals surface area contributed by atoms with E-state index in [0.29, 0.717) is 25.9 Å². The average molecular weight is 396 g/mol. The van der Waals surface area contributed by atoms with Crippen molar-refractivity contribution in [3.05, 3.63) is 59.7 Å². The molecule has 0 saturated carbocycles. The Balaban J connectivity index is 1.99. The fraction of sp³-hybridized carbons (Fsp3) is 0.391. The first kappa shape index (κ1) is 20.9. The molecule has 1 saturated heterocycles. The zero-order chi connectivity index (χ0) is 20.8. The highest BCUT2D eigenvalue weighted by molar-refractivity contribution is 5.97. The number of nitrogens with two attached hydrogens (primary N) is 1. The maximum absolute atomic E-state index is 13.0. The van der Waals surface area contributed by atoms with Gasteiger partial charge in [0, 0.05) is 18.7 Å². The van der Waals surface area contributed by atoms with Crippen LogP contribution in [0.4, 0.5) is 5.69 Å². The summed E-state index contributed by atoms with van der Waals surface area (Å²) < 4.78 is 5.27. The second-order valence-corrected chi connectivity index (χ2v) is 7.40. The van der Waals surface area contributed by atoms with Gasteiger partial charge in [0.05, 0.1) is 19.1 Å². The summed E-state index contributed by atoms with van der Waals surface area (Å²) in [7, 11) is 1.62. The Morgan fingerprint density at radius 3 is 2.48 bits per heavy atom. The van der Waals surface area contributed by atoms with Gasteiger partial charge in [0.25, 0.3) is 0 Å². The van der Waals surface area contributed by atoms with Gasteiger partial charge in [0.1, 0.15) is 5.75 Å². The molecule has 2 aromatic carbocycles. The monoisotopic (exact) mass is 395 g/mol. The summed E-state index contributed by atoms with van der Waals surface area (Å²) in [6.07, 6.45) is 1.59. The molecule has 6 nitrogen and oxygen atoms in total. The Kier molecular flexibility index (Phi) is 6.88. The van der Waals surface area contributed by atoms with E-state index in [2.05, 4.69) is 5.32 Å². The van der Waals surface area contributed by atoms with Crippen LogP contribution in [0.2, 0.25) is 0 Å². The molecule has 29 heavy (non-hydrogen) atoms. The number of carbonyl (C=O) groups excluding carboxylic acids is 2. The first-order valence-corrected chi connectivity index (χ1v) is 10.1. The van der Waals surface area contributed by atoms with Gasteiger partial charge in [-0.2, -0.15) is 0 Å². The molecule has 0 aliphatic carbocycles. The minimum absolute atomic E-state index is 0.0284. The van der Waals surface area contributed by atoms with Crippen LogP contribution in [0.25, 0.3) is 0 Å². The maximum Gasteiger partial charge on any atom is 0.227 e. The van der Waals surface area contributed by atoms with Crippen molar-refractivity contribution < 1.29 is 14.3 Å².